The summed E-state index contributed by atoms with van der Waals surface area (Å²) < 4.78 is 0.967. The van der Waals surface area contributed by atoms with Crippen LogP contribution >= 0.6 is 39.7 Å². The van der Waals surface area contributed by atoms with E-state index in [2.05, 4.69) is 40.3 Å². The molecule has 0 saturated heterocycles. The maximum Gasteiger partial charge on any atom is 0.244 e. The fourth-order valence-corrected chi connectivity index (χ4v) is 3.53. The van der Waals surface area contributed by atoms with Crippen LogP contribution in [0.1, 0.15) is 29.2 Å². The van der Waals surface area contributed by atoms with E-state index < -0.39 is 5.54 Å². The molecule has 6 heteroatoms. The molecule has 2 rings (SSSR count). The third-order valence-corrected chi connectivity index (χ3v) is 5.15. The fourth-order valence-electron chi connectivity index (χ4n) is 2.25. The van der Waals surface area contributed by atoms with Crippen molar-refractivity contribution in [3.05, 3.63) is 56.2 Å². The van der Waals surface area contributed by atoms with Crippen molar-refractivity contribution >= 4 is 45.6 Å². The highest BCUT2D eigenvalue weighted by molar-refractivity contribution is 9.10. The summed E-state index contributed by atoms with van der Waals surface area (Å²) in [7, 11) is 0. The second kappa shape index (κ2) is 8.29. The molecule has 0 bridgehead atoms. The zero-order chi connectivity index (χ0) is 16.3. The molecule has 1 amide bonds. The summed E-state index contributed by atoms with van der Waals surface area (Å²) in [6.07, 6.45) is 0.820. The van der Waals surface area contributed by atoms with Gasteiger partial charge in [-0.1, -0.05) is 28.1 Å². The summed E-state index contributed by atoms with van der Waals surface area (Å²) in [6, 6.07) is 11.8. The summed E-state index contributed by atoms with van der Waals surface area (Å²) in [4.78, 5) is 15.1. The van der Waals surface area contributed by atoms with Crippen LogP contribution in [-0.2, 0) is 16.8 Å². The SMILES string of the molecule is Cc1ccc(CC(C)NC(=O)C(C)(N)c2ccc(Br)cc2)s1.Cl. The monoisotopic (exact) mass is 416 g/mol. The lowest BCUT2D eigenvalue weighted by Gasteiger charge is -2.26. The van der Waals surface area contributed by atoms with E-state index in [0.717, 1.165) is 16.5 Å². The summed E-state index contributed by atoms with van der Waals surface area (Å²) in [5.74, 6) is -0.157. The number of hydrogen-bond acceptors (Lipinski definition) is 3. The predicted molar refractivity (Wildman–Crippen MR) is 103 cm³/mol. The minimum absolute atomic E-state index is 0. The van der Waals surface area contributed by atoms with Gasteiger partial charge < -0.3 is 11.1 Å². The Bertz CT molecular complexity index is 655. The number of rotatable bonds is 5. The Hall–Kier alpha value is -0.880. The number of hydrogen-bond donors (Lipinski definition) is 2. The van der Waals surface area contributed by atoms with Crippen LogP contribution in [0.3, 0.4) is 0 Å². The minimum atomic E-state index is -1.04. The number of thiophene rings is 1. The predicted octanol–water partition coefficient (Wildman–Crippen LogP) is 4.16. The Morgan fingerprint density at radius 3 is 2.43 bits per heavy atom. The molecule has 0 radical (unpaired) electrons. The Morgan fingerprint density at radius 1 is 1.30 bits per heavy atom. The van der Waals surface area contributed by atoms with Crippen molar-refractivity contribution in [2.45, 2.75) is 38.8 Å². The van der Waals surface area contributed by atoms with Gasteiger partial charge in [0.05, 0.1) is 0 Å². The summed E-state index contributed by atoms with van der Waals surface area (Å²) in [5, 5.41) is 3.02. The van der Waals surface area contributed by atoms with E-state index in [1.807, 2.05) is 31.2 Å². The van der Waals surface area contributed by atoms with Gasteiger partial charge in [0, 0.05) is 26.7 Å². The third kappa shape index (κ3) is 5.31. The third-order valence-electron chi connectivity index (χ3n) is 3.60. The highest BCUT2D eigenvalue weighted by Gasteiger charge is 2.31. The standard InChI is InChI=1S/C17H21BrN2OS.ClH/c1-11(10-15-9-4-12(2)22-15)20-16(21)17(3,19)13-5-7-14(18)8-6-13;/h4-9,11H,10,19H2,1-3H3,(H,20,21);1H. The first-order chi connectivity index (χ1) is 10.3. The van der Waals surface area contributed by atoms with Gasteiger partial charge >= 0.3 is 0 Å². The summed E-state index contributed by atoms with van der Waals surface area (Å²) >= 11 is 5.15. The summed E-state index contributed by atoms with van der Waals surface area (Å²) in [6.45, 7) is 5.83. The lowest BCUT2D eigenvalue weighted by molar-refractivity contribution is -0.126. The quantitative estimate of drug-likeness (QED) is 0.767. The highest BCUT2D eigenvalue weighted by Crippen LogP contribution is 2.21. The maximum atomic E-state index is 12.5. The zero-order valence-corrected chi connectivity index (χ0v) is 16.6. The van der Waals surface area contributed by atoms with Gasteiger partial charge in [0.25, 0.3) is 0 Å². The highest BCUT2D eigenvalue weighted by atomic mass is 79.9. The number of nitrogens with two attached hydrogens (primary N) is 1. The molecule has 23 heavy (non-hydrogen) atoms. The van der Waals surface area contributed by atoms with E-state index in [1.54, 1.807) is 18.3 Å². The molecule has 2 atom stereocenters. The fraction of sp³-hybridized carbons (Fsp3) is 0.353. The molecule has 1 aromatic carbocycles. The smallest absolute Gasteiger partial charge is 0.244 e. The van der Waals surface area contributed by atoms with Crippen LogP contribution in [-0.4, -0.2) is 11.9 Å². The summed E-state index contributed by atoms with van der Waals surface area (Å²) in [5.41, 5.74) is 6.01. The topological polar surface area (TPSA) is 55.1 Å². The van der Waals surface area contributed by atoms with Crippen LogP contribution in [0, 0.1) is 6.92 Å². The molecule has 1 aromatic heterocycles. The number of aryl methyl sites for hydroxylation is 1. The van der Waals surface area contributed by atoms with E-state index in [1.165, 1.54) is 9.75 Å². The number of amides is 1. The molecule has 0 spiro atoms. The molecular weight excluding hydrogens is 396 g/mol. The largest absolute Gasteiger partial charge is 0.351 e. The lowest BCUT2D eigenvalue weighted by Crippen LogP contribution is -2.51. The van der Waals surface area contributed by atoms with Crippen molar-refractivity contribution in [1.82, 2.24) is 5.32 Å². The van der Waals surface area contributed by atoms with Gasteiger partial charge in [0.2, 0.25) is 5.91 Å². The second-order valence-electron chi connectivity index (χ2n) is 5.80. The van der Waals surface area contributed by atoms with Crippen molar-refractivity contribution in [3.63, 3.8) is 0 Å². The van der Waals surface area contributed by atoms with Gasteiger partial charge in [-0.3, -0.25) is 4.79 Å². The van der Waals surface area contributed by atoms with E-state index in [0.29, 0.717) is 0 Å². The number of nitrogens with one attached hydrogen (secondary N) is 1. The van der Waals surface area contributed by atoms with Crippen molar-refractivity contribution in [1.29, 1.82) is 0 Å². The van der Waals surface area contributed by atoms with E-state index >= 15 is 0 Å². The zero-order valence-electron chi connectivity index (χ0n) is 13.4. The van der Waals surface area contributed by atoms with E-state index in [-0.39, 0.29) is 24.4 Å². The van der Waals surface area contributed by atoms with Crippen molar-refractivity contribution in [3.8, 4) is 0 Å². The van der Waals surface area contributed by atoms with Gasteiger partial charge in [-0.05, 0) is 50.6 Å². The molecule has 0 saturated carbocycles. The Labute approximate surface area is 156 Å². The lowest BCUT2D eigenvalue weighted by atomic mass is 9.92. The molecular formula is C17H22BrClN2OS. The minimum Gasteiger partial charge on any atom is -0.351 e. The Morgan fingerprint density at radius 2 is 1.91 bits per heavy atom. The van der Waals surface area contributed by atoms with Crippen LogP contribution in [0.15, 0.2) is 40.9 Å². The molecule has 2 unspecified atom stereocenters. The van der Waals surface area contributed by atoms with Crippen molar-refractivity contribution < 1.29 is 4.79 Å². The average Bonchev–Trinajstić information content (AvgIpc) is 2.84. The maximum absolute atomic E-state index is 12.5. The molecule has 0 aliphatic heterocycles. The van der Waals surface area contributed by atoms with Crippen LogP contribution in [0.25, 0.3) is 0 Å². The molecule has 3 N–H and O–H groups in total. The molecule has 0 fully saturated rings. The van der Waals surface area contributed by atoms with E-state index in [4.69, 9.17) is 5.73 Å². The van der Waals surface area contributed by atoms with Crippen molar-refractivity contribution in [2.24, 2.45) is 5.73 Å². The van der Waals surface area contributed by atoms with Crippen LogP contribution in [0.4, 0.5) is 0 Å². The average molecular weight is 418 g/mol. The Balaban J connectivity index is 0.00000264. The number of benzene rings is 1. The van der Waals surface area contributed by atoms with Gasteiger partial charge in [0.15, 0.2) is 0 Å². The molecule has 0 aliphatic carbocycles. The number of carbonyl (C=O) groups is 1. The van der Waals surface area contributed by atoms with Gasteiger partial charge in [-0.25, -0.2) is 0 Å². The van der Waals surface area contributed by atoms with Gasteiger partial charge in [-0.15, -0.1) is 23.7 Å². The molecule has 126 valence electrons. The van der Waals surface area contributed by atoms with E-state index in [9.17, 15) is 4.79 Å². The second-order valence-corrected chi connectivity index (χ2v) is 8.09. The first-order valence-corrected chi connectivity index (χ1v) is 8.81. The van der Waals surface area contributed by atoms with Crippen LogP contribution in [0.5, 0.6) is 0 Å². The van der Waals surface area contributed by atoms with Crippen molar-refractivity contribution in [2.75, 3.05) is 0 Å². The van der Waals surface area contributed by atoms with Crippen LogP contribution in [0.2, 0.25) is 0 Å². The molecule has 1 heterocycles. The van der Waals surface area contributed by atoms with Gasteiger partial charge in [0.1, 0.15) is 5.54 Å². The normalized spacial score (nSPS) is 14.5. The molecule has 3 nitrogen and oxygen atoms in total. The van der Waals surface area contributed by atoms with Gasteiger partial charge in [-0.2, -0.15) is 0 Å². The number of halogens is 2. The number of carbonyl (C=O) groups excluding carboxylic acids is 1. The first kappa shape index (κ1) is 20.2. The Kier molecular flexibility index (Phi) is 7.27. The first-order valence-electron chi connectivity index (χ1n) is 7.20. The molecule has 0 aliphatic rings. The molecule has 2 aromatic rings. The van der Waals surface area contributed by atoms with Crippen LogP contribution < -0.4 is 11.1 Å².